The molecule has 0 bridgehead atoms. The summed E-state index contributed by atoms with van der Waals surface area (Å²) in [6.45, 7) is 3.72. The molecule has 1 saturated heterocycles. The van der Waals surface area contributed by atoms with Gasteiger partial charge in [0.25, 0.3) is 0 Å². The summed E-state index contributed by atoms with van der Waals surface area (Å²) in [5, 5.41) is 35.6. The minimum Gasteiger partial charge on any atom is -0.377 e. The molecule has 1 aliphatic heterocycles. The van der Waals surface area contributed by atoms with Gasteiger partial charge in [-0.3, -0.25) is 0 Å². The van der Waals surface area contributed by atoms with Crippen LogP contribution in [-0.4, -0.2) is 28.2 Å². The third-order valence-electron chi connectivity index (χ3n) is 10.7. The van der Waals surface area contributed by atoms with Crippen molar-refractivity contribution in [2.24, 2.45) is 0 Å². The lowest BCUT2D eigenvalue weighted by Gasteiger charge is -2.43. The van der Waals surface area contributed by atoms with Crippen LogP contribution in [-0.2, 0) is 20.7 Å². The molecule has 1 aliphatic rings. The Bertz CT molecular complexity index is 2230. The Morgan fingerprint density at radius 2 is 0.608 bits per heavy atom. The number of rotatable bonds is 6. The normalized spacial score (nSPS) is 17.8. The fraction of sp³-hybridized carbons (Fsp3) is 0.149. The SMILES string of the molecule is CC1(C)OC(C(O)(c2cccc3ccccc23)c2cccc3ccccc23)[C@H](C(O)(c2cccc3ccccc23)c2cccc3ccccc23)O1. The molecule has 8 aromatic carbocycles. The molecule has 51 heavy (non-hydrogen) atoms. The van der Waals surface area contributed by atoms with Gasteiger partial charge in [0.15, 0.2) is 5.79 Å². The second-order valence-corrected chi connectivity index (χ2v) is 14.1. The van der Waals surface area contributed by atoms with Crippen molar-refractivity contribution in [3.8, 4) is 0 Å². The molecule has 0 aliphatic carbocycles. The highest BCUT2D eigenvalue weighted by Gasteiger charge is 2.62. The van der Waals surface area contributed by atoms with E-state index < -0.39 is 29.2 Å². The quantitative estimate of drug-likeness (QED) is 0.186. The van der Waals surface area contributed by atoms with Gasteiger partial charge in [0.05, 0.1) is 0 Å². The Labute approximate surface area is 297 Å². The van der Waals surface area contributed by atoms with E-state index in [1.54, 1.807) is 0 Å². The highest BCUT2D eigenvalue weighted by Crippen LogP contribution is 2.53. The smallest absolute Gasteiger partial charge is 0.164 e. The van der Waals surface area contributed by atoms with E-state index >= 15 is 0 Å². The van der Waals surface area contributed by atoms with Gasteiger partial charge in [-0.05, 0) is 79.2 Å². The molecule has 4 heteroatoms. The lowest BCUT2D eigenvalue weighted by molar-refractivity contribution is -0.172. The Hall–Kier alpha value is -5.36. The Morgan fingerprint density at radius 3 is 0.882 bits per heavy atom. The molecule has 2 N–H and O–H groups in total. The van der Waals surface area contributed by atoms with Crippen molar-refractivity contribution in [2.75, 3.05) is 0 Å². The average Bonchev–Trinajstić information content (AvgIpc) is 3.52. The predicted octanol–water partition coefficient (Wildman–Crippen LogP) is 9.99. The summed E-state index contributed by atoms with van der Waals surface area (Å²) in [6, 6.07) is 56.4. The summed E-state index contributed by atoms with van der Waals surface area (Å²) in [7, 11) is 0. The van der Waals surface area contributed by atoms with E-state index in [-0.39, 0.29) is 0 Å². The maximum atomic E-state index is 14.0. The van der Waals surface area contributed by atoms with E-state index in [4.69, 9.17) is 9.47 Å². The number of fused-ring (bicyclic) bond motifs is 4. The van der Waals surface area contributed by atoms with Gasteiger partial charge in [-0.2, -0.15) is 0 Å². The molecular weight excluding hydrogens is 629 g/mol. The van der Waals surface area contributed by atoms with Crippen molar-refractivity contribution < 1.29 is 19.7 Å². The summed E-state index contributed by atoms with van der Waals surface area (Å²) >= 11 is 0. The van der Waals surface area contributed by atoms with Crippen LogP contribution in [0.5, 0.6) is 0 Å². The molecule has 4 nitrogen and oxygen atoms in total. The fourth-order valence-electron chi connectivity index (χ4n) is 8.51. The van der Waals surface area contributed by atoms with Crippen LogP contribution in [0.25, 0.3) is 43.1 Å². The topological polar surface area (TPSA) is 58.9 Å². The predicted molar refractivity (Wildman–Crippen MR) is 206 cm³/mol. The van der Waals surface area contributed by atoms with Crippen molar-refractivity contribution in [1.82, 2.24) is 0 Å². The zero-order chi connectivity index (χ0) is 34.8. The van der Waals surface area contributed by atoms with Crippen LogP contribution in [0, 0.1) is 0 Å². The first-order valence-electron chi connectivity index (χ1n) is 17.5. The van der Waals surface area contributed by atoms with Crippen LogP contribution in [0.1, 0.15) is 36.1 Å². The molecule has 1 unspecified atom stereocenters. The summed E-state index contributed by atoms with van der Waals surface area (Å²) in [6.07, 6.45) is -2.18. The van der Waals surface area contributed by atoms with Crippen LogP contribution in [0.15, 0.2) is 170 Å². The minimum absolute atomic E-state index is 0.673. The third-order valence-corrected chi connectivity index (χ3v) is 10.7. The van der Waals surface area contributed by atoms with Crippen LogP contribution < -0.4 is 0 Å². The largest absolute Gasteiger partial charge is 0.377 e. The maximum absolute atomic E-state index is 14.0. The summed E-state index contributed by atoms with van der Waals surface area (Å²) < 4.78 is 14.0. The monoisotopic (exact) mass is 666 g/mol. The van der Waals surface area contributed by atoms with E-state index in [0.717, 1.165) is 43.1 Å². The molecule has 0 aromatic heterocycles. The fourth-order valence-corrected chi connectivity index (χ4v) is 8.51. The number of hydrogen-bond donors (Lipinski definition) is 2. The first kappa shape index (κ1) is 31.6. The van der Waals surface area contributed by atoms with Crippen molar-refractivity contribution in [1.29, 1.82) is 0 Å². The van der Waals surface area contributed by atoms with E-state index in [1.807, 2.05) is 135 Å². The first-order chi connectivity index (χ1) is 24.8. The molecule has 9 rings (SSSR count). The van der Waals surface area contributed by atoms with Crippen LogP contribution in [0.2, 0.25) is 0 Å². The second-order valence-electron chi connectivity index (χ2n) is 14.1. The standard InChI is InChI=1S/C47H38O4/c1-45(2)50-43(46(48,39-27-11-19-31-15-3-7-23-35(31)39)40-28-12-20-32-16-4-8-24-36(32)40)44(51-45)47(49,41-29-13-21-33-17-5-9-25-37(33)41)42-30-14-22-34-18-6-10-26-38(34)42/h3-30,43-44,48-49H,1-2H3/t43-,44?/m1/s1. The van der Waals surface area contributed by atoms with Gasteiger partial charge >= 0.3 is 0 Å². The Balaban J connectivity index is 1.41. The van der Waals surface area contributed by atoms with Crippen molar-refractivity contribution in [3.63, 3.8) is 0 Å². The molecular formula is C47H38O4. The zero-order valence-corrected chi connectivity index (χ0v) is 28.5. The van der Waals surface area contributed by atoms with Crippen molar-refractivity contribution in [3.05, 3.63) is 192 Å². The van der Waals surface area contributed by atoms with E-state index in [9.17, 15) is 10.2 Å². The Kier molecular flexibility index (Phi) is 7.36. The highest BCUT2D eigenvalue weighted by atomic mass is 16.8. The second kappa shape index (κ2) is 11.9. The third kappa shape index (κ3) is 4.90. The molecule has 2 atom stereocenters. The molecule has 250 valence electrons. The first-order valence-corrected chi connectivity index (χ1v) is 17.5. The van der Waals surface area contributed by atoms with Crippen molar-refractivity contribution >= 4 is 43.1 Å². The van der Waals surface area contributed by atoms with Crippen LogP contribution in [0.3, 0.4) is 0 Å². The lowest BCUT2D eigenvalue weighted by atomic mass is 9.69. The summed E-state index contributed by atoms with van der Waals surface area (Å²) in [5.41, 5.74) is -0.914. The van der Waals surface area contributed by atoms with Gasteiger partial charge in [-0.15, -0.1) is 0 Å². The number of aliphatic hydroxyl groups is 2. The number of hydrogen-bond acceptors (Lipinski definition) is 4. The van der Waals surface area contributed by atoms with Crippen molar-refractivity contribution in [2.45, 2.75) is 43.0 Å². The molecule has 8 aromatic rings. The molecule has 0 amide bonds. The maximum Gasteiger partial charge on any atom is 0.164 e. The average molecular weight is 667 g/mol. The van der Waals surface area contributed by atoms with Gasteiger partial charge in [-0.1, -0.05) is 170 Å². The number of ether oxygens (including phenoxy) is 2. The van der Waals surface area contributed by atoms with Gasteiger partial charge < -0.3 is 19.7 Å². The van der Waals surface area contributed by atoms with E-state index in [1.165, 1.54) is 0 Å². The molecule has 0 saturated carbocycles. The zero-order valence-electron chi connectivity index (χ0n) is 28.5. The van der Waals surface area contributed by atoms with Gasteiger partial charge in [0.2, 0.25) is 0 Å². The van der Waals surface area contributed by atoms with Gasteiger partial charge in [0.1, 0.15) is 23.4 Å². The molecule has 1 fully saturated rings. The summed E-state index contributed by atoms with van der Waals surface area (Å²) in [5.74, 6) is -1.18. The highest BCUT2D eigenvalue weighted by molar-refractivity contribution is 5.93. The van der Waals surface area contributed by atoms with Crippen LogP contribution in [0.4, 0.5) is 0 Å². The number of benzene rings is 8. The lowest BCUT2D eigenvalue weighted by Crippen LogP contribution is -2.55. The minimum atomic E-state index is -1.80. The van der Waals surface area contributed by atoms with Crippen LogP contribution >= 0.6 is 0 Å². The molecule has 0 spiro atoms. The summed E-state index contributed by atoms with van der Waals surface area (Å²) in [4.78, 5) is 0. The Morgan fingerprint density at radius 1 is 0.373 bits per heavy atom. The molecule has 0 radical (unpaired) electrons. The van der Waals surface area contributed by atoms with Gasteiger partial charge in [0, 0.05) is 0 Å². The molecule has 1 heterocycles. The van der Waals surface area contributed by atoms with E-state index in [2.05, 4.69) is 48.5 Å². The van der Waals surface area contributed by atoms with Gasteiger partial charge in [-0.25, -0.2) is 0 Å². The van der Waals surface area contributed by atoms with E-state index in [0.29, 0.717) is 22.3 Å².